The zero-order valence-electron chi connectivity index (χ0n) is 15.7. The van der Waals surface area contributed by atoms with E-state index in [-0.39, 0.29) is 6.61 Å². The Kier molecular flexibility index (Phi) is 5.01. The van der Waals surface area contributed by atoms with Gasteiger partial charge in [0.2, 0.25) is 0 Å². The van der Waals surface area contributed by atoms with Crippen molar-refractivity contribution in [1.29, 1.82) is 0 Å². The summed E-state index contributed by atoms with van der Waals surface area (Å²) in [5.41, 5.74) is -1.07. The third-order valence-electron chi connectivity index (χ3n) is 4.98. The van der Waals surface area contributed by atoms with E-state index >= 15 is 0 Å². The number of rotatable bonds is 3. The highest BCUT2D eigenvalue weighted by molar-refractivity contribution is 7.99. The summed E-state index contributed by atoms with van der Waals surface area (Å²) >= 11 is 1.43. The summed E-state index contributed by atoms with van der Waals surface area (Å²) in [7, 11) is 0. The van der Waals surface area contributed by atoms with Crippen LogP contribution in [0.5, 0.6) is 5.75 Å². The Morgan fingerprint density at radius 2 is 1.93 bits per heavy atom. The number of halogens is 3. The Balaban J connectivity index is 1.96. The normalized spacial score (nSPS) is 15.9. The van der Waals surface area contributed by atoms with Crippen LogP contribution in [0.4, 0.5) is 13.2 Å². The van der Waals surface area contributed by atoms with Gasteiger partial charge in [-0.25, -0.2) is 4.79 Å². The lowest BCUT2D eigenvalue weighted by molar-refractivity contribution is -0.137. The monoisotopic (exact) mass is 435 g/mol. The number of hydrogen-bond acceptors (Lipinski definition) is 5. The van der Waals surface area contributed by atoms with Crippen LogP contribution in [-0.2, 0) is 10.9 Å². The van der Waals surface area contributed by atoms with Gasteiger partial charge in [-0.2, -0.15) is 13.2 Å². The van der Waals surface area contributed by atoms with E-state index in [1.54, 1.807) is 25.1 Å². The molecule has 0 aliphatic carbocycles. The van der Waals surface area contributed by atoms with Crippen LogP contribution in [0.2, 0.25) is 0 Å². The molecule has 0 amide bonds. The van der Waals surface area contributed by atoms with Crippen molar-refractivity contribution in [3.63, 3.8) is 0 Å². The molecule has 1 unspecified atom stereocenters. The highest BCUT2D eigenvalue weighted by Crippen LogP contribution is 2.42. The number of aromatic hydroxyl groups is 1. The van der Waals surface area contributed by atoms with Crippen LogP contribution in [0.3, 0.4) is 0 Å². The highest BCUT2D eigenvalue weighted by atomic mass is 32.2. The predicted molar refractivity (Wildman–Crippen MR) is 106 cm³/mol. The van der Waals surface area contributed by atoms with Crippen LogP contribution in [0.25, 0.3) is 10.9 Å². The second kappa shape index (κ2) is 7.39. The summed E-state index contributed by atoms with van der Waals surface area (Å²) in [4.78, 5) is 26.4. The van der Waals surface area contributed by atoms with Crippen molar-refractivity contribution in [2.75, 3.05) is 12.4 Å². The second-order valence-corrected chi connectivity index (χ2v) is 7.78. The third-order valence-corrected chi connectivity index (χ3v) is 6.10. The van der Waals surface area contributed by atoms with Gasteiger partial charge < -0.3 is 9.84 Å². The summed E-state index contributed by atoms with van der Waals surface area (Å²) in [5, 5.41) is 10.9. The van der Waals surface area contributed by atoms with Crippen LogP contribution in [-0.4, -0.2) is 28.0 Å². The number of para-hydroxylation sites is 1. The van der Waals surface area contributed by atoms with Crippen molar-refractivity contribution in [2.45, 2.75) is 24.0 Å². The maximum atomic E-state index is 13.3. The number of nitrogens with zero attached hydrogens (tertiary/aromatic N) is 1. The molecule has 2 heterocycles. The molecule has 1 atom stereocenters. The van der Waals surface area contributed by atoms with Gasteiger partial charge in [-0.15, -0.1) is 11.8 Å². The first-order valence-corrected chi connectivity index (χ1v) is 10.1. The SMILES string of the molecule is CCOC(=O)c1c(O)c2cccc3c2n(c1=O)C(c1ccc(C(F)(F)F)cc1)CS3. The standard InChI is InChI=1S/C21H16F3NO4S/c1-2-29-20(28)16-18(26)13-4-3-5-15-17(13)25(19(16)27)14(10-30-15)11-6-8-12(9-7-11)21(22,23)24/h3-9,14,26H,2,10H2,1H3. The van der Waals surface area contributed by atoms with E-state index in [4.69, 9.17) is 4.74 Å². The van der Waals surface area contributed by atoms with Crippen LogP contribution in [0.1, 0.15) is 34.5 Å². The summed E-state index contributed by atoms with van der Waals surface area (Å²) < 4.78 is 45.1. The molecule has 9 heteroatoms. The summed E-state index contributed by atoms with van der Waals surface area (Å²) in [6.07, 6.45) is -4.47. The number of esters is 1. The van der Waals surface area contributed by atoms with Crippen molar-refractivity contribution < 1.29 is 27.8 Å². The lowest BCUT2D eigenvalue weighted by atomic mass is 10.0. The predicted octanol–water partition coefficient (Wildman–Crippen LogP) is 4.60. The average molecular weight is 435 g/mol. The molecule has 1 aromatic heterocycles. The van der Waals surface area contributed by atoms with Crippen LogP contribution in [0.15, 0.2) is 52.2 Å². The molecular formula is C21H16F3NO4S. The van der Waals surface area contributed by atoms with Gasteiger partial charge in [0.25, 0.3) is 5.56 Å². The molecule has 5 nitrogen and oxygen atoms in total. The molecule has 156 valence electrons. The molecule has 0 radical (unpaired) electrons. The van der Waals surface area contributed by atoms with Gasteiger partial charge in [-0.05, 0) is 36.8 Å². The Morgan fingerprint density at radius 3 is 2.57 bits per heavy atom. The van der Waals surface area contributed by atoms with Gasteiger partial charge in [0.15, 0.2) is 5.56 Å². The van der Waals surface area contributed by atoms with Gasteiger partial charge in [0, 0.05) is 16.0 Å². The van der Waals surface area contributed by atoms with Crippen molar-refractivity contribution >= 4 is 28.6 Å². The number of thioether (sulfide) groups is 1. The number of alkyl halides is 3. The minimum absolute atomic E-state index is 0.0218. The number of pyridine rings is 1. The van der Waals surface area contributed by atoms with Crippen molar-refractivity contribution in [3.05, 3.63) is 69.5 Å². The summed E-state index contributed by atoms with van der Waals surface area (Å²) in [6, 6.07) is 9.06. The average Bonchev–Trinajstić information content (AvgIpc) is 2.71. The molecule has 0 fully saturated rings. The van der Waals surface area contributed by atoms with Gasteiger partial charge in [-0.1, -0.05) is 18.2 Å². The molecule has 2 aromatic carbocycles. The topological polar surface area (TPSA) is 68.5 Å². The van der Waals surface area contributed by atoms with E-state index in [9.17, 15) is 27.9 Å². The number of carbonyl (C=O) groups is 1. The van der Waals surface area contributed by atoms with E-state index in [1.807, 2.05) is 0 Å². The van der Waals surface area contributed by atoms with E-state index in [0.29, 0.717) is 22.2 Å². The molecule has 0 saturated carbocycles. The third kappa shape index (κ3) is 3.23. The van der Waals surface area contributed by atoms with E-state index in [1.165, 1.54) is 28.5 Å². The fraction of sp³-hybridized carbons (Fsp3) is 0.238. The number of carbonyl (C=O) groups excluding carboxylic acids is 1. The van der Waals surface area contributed by atoms with Gasteiger partial charge in [-0.3, -0.25) is 9.36 Å². The van der Waals surface area contributed by atoms with Crippen LogP contribution < -0.4 is 5.56 Å². The molecule has 1 aliphatic heterocycles. The van der Waals surface area contributed by atoms with Crippen molar-refractivity contribution in [2.24, 2.45) is 0 Å². The number of hydrogen-bond donors (Lipinski definition) is 1. The van der Waals surface area contributed by atoms with Gasteiger partial charge in [0.05, 0.1) is 23.7 Å². The molecule has 30 heavy (non-hydrogen) atoms. The van der Waals surface area contributed by atoms with Crippen LogP contribution in [0, 0.1) is 0 Å². The summed E-state index contributed by atoms with van der Waals surface area (Å²) in [6.45, 7) is 1.60. The van der Waals surface area contributed by atoms with E-state index in [2.05, 4.69) is 0 Å². The van der Waals surface area contributed by atoms with E-state index in [0.717, 1.165) is 17.0 Å². The largest absolute Gasteiger partial charge is 0.506 e. The maximum Gasteiger partial charge on any atom is 0.416 e. The molecule has 4 rings (SSSR count). The molecule has 1 aliphatic rings. The molecular weight excluding hydrogens is 419 g/mol. The molecule has 0 bridgehead atoms. The molecule has 1 N–H and O–H groups in total. The Morgan fingerprint density at radius 1 is 1.23 bits per heavy atom. The quantitative estimate of drug-likeness (QED) is 0.609. The Labute approximate surface area is 173 Å². The fourth-order valence-corrected chi connectivity index (χ4v) is 4.80. The van der Waals surface area contributed by atoms with Gasteiger partial charge >= 0.3 is 12.1 Å². The van der Waals surface area contributed by atoms with Crippen molar-refractivity contribution in [3.8, 4) is 5.75 Å². The molecule has 0 spiro atoms. The summed E-state index contributed by atoms with van der Waals surface area (Å²) in [5.74, 6) is -1.02. The second-order valence-electron chi connectivity index (χ2n) is 6.72. The lowest BCUT2D eigenvalue weighted by Crippen LogP contribution is -2.34. The first-order chi connectivity index (χ1) is 14.2. The minimum Gasteiger partial charge on any atom is -0.506 e. The smallest absolute Gasteiger partial charge is 0.416 e. The number of benzene rings is 2. The Hall–Kier alpha value is -2.94. The molecule has 3 aromatic rings. The highest BCUT2D eigenvalue weighted by Gasteiger charge is 2.33. The maximum absolute atomic E-state index is 13.3. The van der Waals surface area contributed by atoms with Gasteiger partial charge in [0.1, 0.15) is 5.75 Å². The molecule has 0 saturated heterocycles. The minimum atomic E-state index is -4.47. The number of aromatic nitrogens is 1. The number of ether oxygens (including phenoxy) is 1. The van der Waals surface area contributed by atoms with E-state index < -0.39 is 40.6 Å². The first kappa shape index (κ1) is 20.3. The fourth-order valence-electron chi connectivity index (χ4n) is 3.60. The van der Waals surface area contributed by atoms with Crippen LogP contribution >= 0.6 is 11.8 Å². The Bertz CT molecular complexity index is 1200. The zero-order chi connectivity index (χ0) is 21.6. The lowest BCUT2D eigenvalue weighted by Gasteiger charge is -2.29. The first-order valence-electron chi connectivity index (χ1n) is 9.11. The zero-order valence-corrected chi connectivity index (χ0v) is 16.5. The van der Waals surface area contributed by atoms with Crippen molar-refractivity contribution in [1.82, 2.24) is 4.57 Å².